The monoisotopic (exact) mass is 562 g/mol. The van der Waals surface area contributed by atoms with Crippen molar-refractivity contribution in [2.24, 2.45) is 0 Å². The van der Waals surface area contributed by atoms with Crippen LogP contribution >= 0.6 is 15.9 Å². The molecule has 0 aromatic heterocycles. The van der Waals surface area contributed by atoms with Gasteiger partial charge in [0.2, 0.25) is 0 Å². The lowest BCUT2D eigenvalue weighted by molar-refractivity contribution is -0.118. The molecule has 6 rings (SSSR count). The molecule has 0 spiro atoms. The van der Waals surface area contributed by atoms with Gasteiger partial charge in [-0.3, -0.25) is 19.4 Å². The highest BCUT2D eigenvalue weighted by molar-refractivity contribution is 9.10. The van der Waals surface area contributed by atoms with E-state index in [2.05, 4.69) is 15.9 Å². The van der Waals surface area contributed by atoms with Crippen molar-refractivity contribution in [1.29, 1.82) is 0 Å². The second kappa shape index (κ2) is 9.80. The number of halogens is 1. The largest absolute Gasteiger partial charge is 0.497 e. The van der Waals surface area contributed by atoms with E-state index in [-0.39, 0.29) is 11.8 Å². The summed E-state index contributed by atoms with van der Waals surface area (Å²) in [4.78, 5) is 31.7. The summed E-state index contributed by atoms with van der Waals surface area (Å²) in [6.45, 7) is 0. The molecular formula is C32H23BrN2O3. The molecule has 2 amide bonds. The van der Waals surface area contributed by atoms with Crippen LogP contribution in [0.3, 0.4) is 0 Å². The van der Waals surface area contributed by atoms with Crippen molar-refractivity contribution in [3.63, 3.8) is 0 Å². The standard InChI is InChI=1S/C32H23BrN2O3/c1-38-26-18-12-21(13-19-26)20-27-28-29(22-14-16-23(33)17-15-22)34(24-8-4-2-5-9-24)32(37)30(28)35(31(27)36)25-10-6-3-7-11-25/h2-20,29H,1H3/b27-20+/t29-/m0/s1. The van der Waals surface area contributed by atoms with Gasteiger partial charge in [0.25, 0.3) is 11.8 Å². The summed E-state index contributed by atoms with van der Waals surface area (Å²) >= 11 is 3.52. The van der Waals surface area contributed by atoms with Gasteiger partial charge >= 0.3 is 0 Å². The zero-order chi connectivity index (χ0) is 26.2. The summed E-state index contributed by atoms with van der Waals surface area (Å²) < 4.78 is 6.24. The minimum Gasteiger partial charge on any atom is -0.497 e. The van der Waals surface area contributed by atoms with E-state index in [4.69, 9.17) is 4.74 Å². The Morgan fingerprint density at radius 1 is 0.737 bits per heavy atom. The molecule has 6 heteroatoms. The van der Waals surface area contributed by atoms with E-state index in [0.29, 0.717) is 22.5 Å². The van der Waals surface area contributed by atoms with E-state index in [1.54, 1.807) is 16.9 Å². The molecule has 2 aliphatic heterocycles. The zero-order valence-corrected chi connectivity index (χ0v) is 22.1. The van der Waals surface area contributed by atoms with Gasteiger partial charge in [-0.25, -0.2) is 0 Å². The summed E-state index contributed by atoms with van der Waals surface area (Å²) in [5, 5.41) is 0. The number of nitrogens with zero attached hydrogens (tertiary/aromatic N) is 2. The topological polar surface area (TPSA) is 49.9 Å². The molecule has 1 atom stereocenters. The highest BCUT2D eigenvalue weighted by atomic mass is 79.9. The minimum atomic E-state index is -0.477. The number of carbonyl (C=O) groups excluding carboxylic acids is 2. The van der Waals surface area contributed by atoms with Gasteiger partial charge in [-0.15, -0.1) is 0 Å². The first-order valence-electron chi connectivity index (χ1n) is 12.2. The van der Waals surface area contributed by atoms with Crippen LogP contribution in [0.4, 0.5) is 11.4 Å². The second-order valence-electron chi connectivity index (χ2n) is 9.03. The van der Waals surface area contributed by atoms with Crippen molar-refractivity contribution in [3.05, 3.63) is 142 Å². The molecule has 0 bridgehead atoms. The number of hydrogen-bond donors (Lipinski definition) is 0. The van der Waals surface area contributed by atoms with Crippen molar-refractivity contribution >= 4 is 45.2 Å². The highest BCUT2D eigenvalue weighted by Gasteiger charge is 2.52. The van der Waals surface area contributed by atoms with E-state index in [1.165, 1.54) is 0 Å². The lowest BCUT2D eigenvalue weighted by Crippen LogP contribution is -2.38. The molecule has 0 aliphatic carbocycles. The van der Waals surface area contributed by atoms with Crippen LogP contribution in [0.2, 0.25) is 0 Å². The lowest BCUT2D eigenvalue weighted by Gasteiger charge is -2.30. The first-order chi connectivity index (χ1) is 18.6. The third-order valence-corrected chi connectivity index (χ3v) is 7.35. The van der Waals surface area contributed by atoms with E-state index < -0.39 is 6.04 Å². The van der Waals surface area contributed by atoms with Gasteiger partial charge in [0.1, 0.15) is 11.4 Å². The molecular weight excluding hydrogens is 540 g/mol. The van der Waals surface area contributed by atoms with Crippen LogP contribution in [0.15, 0.2) is 131 Å². The van der Waals surface area contributed by atoms with Gasteiger partial charge in [0, 0.05) is 27.0 Å². The molecule has 4 aromatic carbocycles. The smallest absolute Gasteiger partial charge is 0.276 e. The van der Waals surface area contributed by atoms with Crippen LogP contribution in [0, 0.1) is 0 Å². The van der Waals surface area contributed by atoms with Crippen LogP contribution in [-0.4, -0.2) is 18.9 Å². The molecule has 0 fully saturated rings. The average Bonchev–Trinajstić information content (AvgIpc) is 3.41. The summed E-state index contributed by atoms with van der Waals surface area (Å²) in [5.74, 6) is 0.296. The van der Waals surface area contributed by atoms with Crippen LogP contribution < -0.4 is 14.5 Å². The fraction of sp³-hybridized carbons (Fsp3) is 0.0625. The number of para-hydroxylation sites is 2. The fourth-order valence-corrected chi connectivity index (χ4v) is 5.34. The Morgan fingerprint density at radius 3 is 1.95 bits per heavy atom. The minimum absolute atomic E-state index is 0.213. The van der Waals surface area contributed by atoms with Gasteiger partial charge in [-0.2, -0.15) is 0 Å². The average molecular weight is 563 g/mol. The summed E-state index contributed by atoms with van der Waals surface area (Å²) in [5.41, 5.74) is 4.76. The summed E-state index contributed by atoms with van der Waals surface area (Å²) in [7, 11) is 1.62. The number of amides is 2. The molecule has 5 nitrogen and oxygen atoms in total. The zero-order valence-electron chi connectivity index (χ0n) is 20.5. The predicted molar refractivity (Wildman–Crippen MR) is 153 cm³/mol. The Morgan fingerprint density at radius 2 is 1.34 bits per heavy atom. The fourth-order valence-electron chi connectivity index (χ4n) is 5.08. The molecule has 0 saturated carbocycles. The first-order valence-corrected chi connectivity index (χ1v) is 13.0. The second-order valence-corrected chi connectivity index (χ2v) is 9.95. The number of anilines is 2. The van der Waals surface area contributed by atoms with Gasteiger partial charge in [0.05, 0.1) is 13.2 Å². The number of methoxy groups -OCH3 is 1. The molecule has 2 heterocycles. The van der Waals surface area contributed by atoms with E-state index in [0.717, 1.165) is 27.0 Å². The maximum Gasteiger partial charge on any atom is 0.276 e. The predicted octanol–water partition coefficient (Wildman–Crippen LogP) is 6.93. The van der Waals surface area contributed by atoms with Crippen LogP contribution in [0.5, 0.6) is 5.75 Å². The van der Waals surface area contributed by atoms with Crippen LogP contribution in [0.1, 0.15) is 17.2 Å². The van der Waals surface area contributed by atoms with E-state index in [9.17, 15) is 9.59 Å². The normalized spacial score (nSPS) is 17.9. The molecule has 38 heavy (non-hydrogen) atoms. The third kappa shape index (κ3) is 4.03. The maximum absolute atomic E-state index is 14.3. The molecule has 0 N–H and O–H groups in total. The molecule has 4 aromatic rings. The van der Waals surface area contributed by atoms with E-state index in [1.807, 2.05) is 115 Å². The van der Waals surface area contributed by atoms with Gasteiger partial charge in [-0.05, 0) is 65.7 Å². The van der Waals surface area contributed by atoms with Crippen molar-refractivity contribution in [2.75, 3.05) is 16.9 Å². The van der Waals surface area contributed by atoms with Gasteiger partial charge < -0.3 is 4.74 Å². The molecule has 0 radical (unpaired) electrons. The number of carbonyl (C=O) groups is 2. The quantitative estimate of drug-likeness (QED) is 0.248. The molecule has 0 saturated heterocycles. The van der Waals surface area contributed by atoms with Crippen LogP contribution in [0.25, 0.3) is 6.08 Å². The van der Waals surface area contributed by atoms with Crippen molar-refractivity contribution in [3.8, 4) is 5.75 Å². The van der Waals surface area contributed by atoms with E-state index >= 15 is 0 Å². The molecule has 186 valence electrons. The lowest BCUT2D eigenvalue weighted by atomic mass is 9.93. The molecule has 0 unspecified atom stereocenters. The highest BCUT2D eigenvalue weighted by Crippen LogP contribution is 2.50. The van der Waals surface area contributed by atoms with Crippen LogP contribution in [-0.2, 0) is 9.59 Å². The van der Waals surface area contributed by atoms with Gasteiger partial charge in [-0.1, -0.05) is 76.6 Å². The number of benzene rings is 4. The number of ether oxygens (including phenoxy) is 1. The third-order valence-electron chi connectivity index (χ3n) is 6.82. The first kappa shape index (κ1) is 23.9. The summed E-state index contributed by atoms with van der Waals surface area (Å²) in [6, 6.07) is 33.9. The summed E-state index contributed by atoms with van der Waals surface area (Å²) in [6.07, 6.45) is 1.87. The van der Waals surface area contributed by atoms with Crippen molar-refractivity contribution in [2.45, 2.75) is 6.04 Å². The van der Waals surface area contributed by atoms with Crippen molar-refractivity contribution in [1.82, 2.24) is 0 Å². The van der Waals surface area contributed by atoms with Gasteiger partial charge in [0.15, 0.2) is 0 Å². The SMILES string of the molecule is COc1ccc(/C=C2/C(=O)N(c3ccccc3)C3=C2[C@H](c2ccc(Br)cc2)N(c2ccccc2)C3=O)cc1. The Hall–Kier alpha value is -4.42. The Balaban J connectivity index is 1.59. The maximum atomic E-state index is 14.3. The molecule has 2 aliphatic rings. The Bertz CT molecular complexity index is 1580. The number of rotatable bonds is 5. The Kier molecular flexibility index (Phi) is 6.18. The Labute approximate surface area is 229 Å². The number of hydrogen-bond acceptors (Lipinski definition) is 3. The van der Waals surface area contributed by atoms with Crippen molar-refractivity contribution < 1.29 is 14.3 Å².